The molecule has 1 fully saturated rings. The monoisotopic (exact) mass is 201 g/mol. The average molecular weight is 201 g/mol. The third kappa shape index (κ3) is 1.08. The summed E-state index contributed by atoms with van der Waals surface area (Å²) in [4.78, 5) is 11.6. The predicted octanol–water partition coefficient (Wildman–Crippen LogP) is 1.64. The van der Waals surface area contributed by atoms with E-state index < -0.39 is 0 Å². The Morgan fingerprint density at radius 2 is 2.27 bits per heavy atom. The van der Waals surface area contributed by atoms with E-state index in [9.17, 15) is 4.79 Å². The van der Waals surface area contributed by atoms with Crippen LogP contribution in [0.5, 0.6) is 0 Å². The third-order valence-corrected chi connectivity index (χ3v) is 4.03. The van der Waals surface area contributed by atoms with Crippen molar-refractivity contribution < 1.29 is 4.79 Å². The highest BCUT2D eigenvalue weighted by Gasteiger charge is 2.60. The predicted molar refractivity (Wildman–Crippen MR) is 58.6 cm³/mol. The van der Waals surface area contributed by atoms with Crippen molar-refractivity contribution in [3.63, 3.8) is 0 Å². The van der Waals surface area contributed by atoms with Gasteiger partial charge in [-0.05, 0) is 30.4 Å². The molecule has 1 spiro atoms. The van der Waals surface area contributed by atoms with Gasteiger partial charge in [0, 0.05) is 18.4 Å². The van der Waals surface area contributed by atoms with Crippen LogP contribution < -0.4 is 5.32 Å². The molecule has 1 N–H and O–H groups in total. The number of fused-ring (bicyclic) bond motifs is 2. The fourth-order valence-electron chi connectivity index (χ4n) is 3.11. The van der Waals surface area contributed by atoms with Gasteiger partial charge < -0.3 is 5.32 Å². The average Bonchev–Trinajstić information content (AvgIpc) is 2.89. The lowest BCUT2D eigenvalue weighted by molar-refractivity contribution is -0.122. The van der Waals surface area contributed by atoms with Crippen LogP contribution in [0.4, 0.5) is 0 Å². The molecule has 2 heteroatoms. The zero-order valence-corrected chi connectivity index (χ0v) is 8.92. The van der Waals surface area contributed by atoms with E-state index in [1.807, 2.05) is 0 Å². The van der Waals surface area contributed by atoms with Crippen LogP contribution in [0, 0.1) is 5.92 Å². The second kappa shape index (κ2) is 2.84. The van der Waals surface area contributed by atoms with Crippen LogP contribution in [0.25, 0.3) is 0 Å². The van der Waals surface area contributed by atoms with Crippen LogP contribution in [0.2, 0.25) is 0 Å². The van der Waals surface area contributed by atoms with Crippen molar-refractivity contribution in [2.24, 2.45) is 5.92 Å². The van der Waals surface area contributed by atoms with E-state index in [1.165, 1.54) is 11.1 Å². The molecule has 1 aromatic carbocycles. The Hall–Kier alpha value is -1.31. The van der Waals surface area contributed by atoms with Crippen molar-refractivity contribution in [2.75, 3.05) is 7.05 Å². The van der Waals surface area contributed by atoms with Crippen LogP contribution >= 0.6 is 0 Å². The molecule has 78 valence electrons. The number of amides is 1. The smallest absolute Gasteiger partial charge is 0.223 e. The largest absolute Gasteiger partial charge is 0.359 e. The van der Waals surface area contributed by atoms with E-state index in [1.54, 1.807) is 7.05 Å². The molecule has 3 rings (SSSR count). The summed E-state index contributed by atoms with van der Waals surface area (Å²) in [5.41, 5.74) is 3.08. The SMILES string of the molecule is CNC(=O)C1CC12CCc1ccccc12. The minimum atomic E-state index is 0.205. The molecule has 1 amide bonds. The van der Waals surface area contributed by atoms with Gasteiger partial charge in [0.2, 0.25) is 5.91 Å². The molecule has 0 heterocycles. The van der Waals surface area contributed by atoms with E-state index >= 15 is 0 Å². The number of benzene rings is 1. The fourth-order valence-corrected chi connectivity index (χ4v) is 3.11. The Morgan fingerprint density at radius 3 is 3.07 bits per heavy atom. The van der Waals surface area contributed by atoms with Gasteiger partial charge in [-0.1, -0.05) is 24.3 Å². The molecule has 15 heavy (non-hydrogen) atoms. The van der Waals surface area contributed by atoms with Crippen molar-refractivity contribution in [1.82, 2.24) is 5.32 Å². The summed E-state index contributed by atoms with van der Waals surface area (Å²) in [6.07, 6.45) is 3.35. The van der Waals surface area contributed by atoms with Crippen LogP contribution in [0.1, 0.15) is 24.0 Å². The first-order valence-electron chi connectivity index (χ1n) is 5.58. The summed E-state index contributed by atoms with van der Waals surface area (Å²) in [6, 6.07) is 8.58. The molecular formula is C13H15NO. The number of aryl methyl sites for hydroxylation is 1. The zero-order valence-electron chi connectivity index (χ0n) is 8.92. The minimum Gasteiger partial charge on any atom is -0.359 e. The van der Waals surface area contributed by atoms with Gasteiger partial charge >= 0.3 is 0 Å². The first-order chi connectivity index (χ1) is 7.28. The second-order valence-corrected chi connectivity index (χ2v) is 4.68. The highest BCUT2D eigenvalue weighted by Crippen LogP contribution is 2.61. The Bertz CT molecular complexity index is 426. The van der Waals surface area contributed by atoms with Gasteiger partial charge in [0.05, 0.1) is 0 Å². The van der Waals surface area contributed by atoms with E-state index in [-0.39, 0.29) is 17.2 Å². The molecule has 2 aliphatic rings. The van der Waals surface area contributed by atoms with Crippen LogP contribution in [0.3, 0.4) is 0 Å². The normalized spacial score (nSPS) is 31.4. The van der Waals surface area contributed by atoms with Crippen molar-refractivity contribution in [3.05, 3.63) is 35.4 Å². The number of carbonyl (C=O) groups excluding carboxylic acids is 1. The first-order valence-corrected chi connectivity index (χ1v) is 5.58. The van der Waals surface area contributed by atoms with Crippen LogP contribution in [-0.2, 0) is 16.6 Å². The van der Waals surface area contributed by atoms with Gasteiger partial charge in [0.25, 0.3) is 0 Å². The molecule has 2 nitrogen and oxygen atoms in total. The first kappa shape index (κ1) is 8.96. The molecule has 0 radical (unpaired) electrons. The number of rotatable bonds is 1. The van der Waals surface area contributed by atoms with Gasteiger partial charge in [-0.25, -0.2) is 0 Å². The van der Waals surface area contributed by atoms with Gasteiger partial charge in [-0.2, -0.15) is 0 Å². The summed E-state index contributed by atoms with van der Waals surface area (Å²) in [6.45, 7) is 0. The van der Waals surface area contributed by atoms with E-state index in [0.717, 1.165) is 19.3 Å². The molecule has 2 unspecified atom stereocenters. The topological polar surface area (TPSA) is 29.1 Å². The molecule has 0 aliphatic heterocycles. The lowest BCUT2D eigenvalue weighted by Gasteiger charge is -2.10. The zero-order chi connectivity index (χ0) is 10.5. The number of carbonyl (C=O) groups is 1. The number of hydrogen-bond acceptors (Lipinski definition) is 1. The maximum atomic E-state index is 11.6. The molecule has 0 aromatic heterocycles. The van der Waals surface area contributed by atoms with Gasteiger partial charge in [0.15, 0.2) is 0 Å². The molecule has 2 aliphatic carbocycles. The molecule has 0 bridgehead atoms. The Labute approximate surface area is 89.7 Å². The lowest BCUT2D eigenvalue weighted by Crippen LogP contribution is -2.24. The third-order valence-electron chi connectivity index (χ3n) is 4.03. The highest BCUT2D eigenvalue weighted by atomic mass is 16.2. The van der Waals surface area contributed by atoms with Gasteiger partial charge in [-0.3, -0.25) is 4.79 Å². The summed E-state index contributed by atoms with van der Waals surface area (Å²) in [5, 5.41) is 2.77. The standard InChI is InChI=1S/C13H15NO/c1-14-12(15)11-8-13(11)7-6-9-4-2-3-5-10(9)13/h2-5,11H,6-8H2,1H3,(H,14,15). The van der Waals surface area contributed by atoms with Crippen molar-refractivity contribution in [2.45, 2.75) is 24.7 Å². The van der Waals surface area contributed by atoms with Crippen molar-refractivity contribution in [3.8, 4) is 0 Å². The molecular weight excluding hydrogens is 186 g/mol. The second-order valence-electron chi connectivity index (χ2n) is 4.68. The molecule has 1 saturated carbocycles. The fraction of sp³-hybridized carbons (Fsp3) is 0.462. The van der Waals surface area contributed by atoms with Gasteiger partial charge in [-0.15, -0.1) is 0 Å². The minimum absolute atomic E-state index is 0.205. The molecule has 2 atom stereocenters. The number of hydrogen-bond donors (Lipinski definition) is 1. The summed E-state index contributed by atoms with van der Waals surface area (Å²) in [5.74, 6) is 0.442. The van der Waals surface area contributed by atoms with Crippen LogP contribution in [0.15, 0.2) is 24.3 Å². The Kier molecular flexibility index (Phi) is 1.70. The van der Waals surface area contributed by atoms with E-state index in [4.69, 9.17) is 0 Å². The summed E-state index contributed by atoms with van der Waals surface area (Å²) >= 11 is 0. The highest BCUT2D eigenvalue weighted by molar-refractivity contribution is 5.84. The maximum Gasteiger partial charge on any atom is 0.223 e. The van der Waals surface area contributed by atoms with Crippen LogP contribution in [-0.4, -0.2) is 13.0 Å². The maximum absolute atomic E-state index is 11.6. The van der Waals surface area contributed by atoms with Crippen molar-refractivity contribution >= 4 is 5.91 Å². The number of nitrogens with one attached hydrogen (secondary N) is 1. The Morgan fingerprint density at radius 1 is 1.47 bits per heavy atom. The summed E-state index contributed by atoms with van der Waals surface area (Å²) in [7, 11) is 1.73. The summed E-state index contributed by atoms with van der Waals surface area (Å²) < 4.78 is 0. The van der Waals surface area contributed by atoms with E-state index in [0.29, 0.717) is 0 Å². The Balaban J connectivity index is 1.96. The lowest BCUT2D eigenvalue weighted by atomic mass is 9.95. The van der Waals surface area contributed by atoms with Crippen molar-refractivity contribution in [1.29, 1.82) is 0 Å². The molecule has 1 aromatic rings. The quantitative estimate of drug-likeness (QED) is 0.735. The van der Waals surface area contributed by atoms with E-state index in [2.05, 4.69) is 29.6 Å². The molecule has 0 saturated heterocycles. The van der Waals surface area contributed by atoms with Gasteiger partial charge in [0.1, 0.15) is 0 Å².